The maximum absolute atomic E-state index is 6.50. The van der Waals surface area contributed by atoms with E-state index in [1.165, 1.54) is 16.5 Å². The van der Waals surface area contributed by atoms with E-state index >= 15 is 0 Å². The average Bonchev–Trinajstić information content (AvgIpc) is 3.51. The van der Waals surface area contributed by atoms with Crippen LogP contribution in [0.3, 0.4) is 0 Å². The fourth-order valence-corrected chi connectivity index (χ4v) is 5.74. The molecule has 2 unspecified atom stereocenters. The van der Waals surface area contributed by atoms with Crippen LogP contribution in [0.25, 0.3) is 60.6 Å². The third kappa shape index (κ3) is 2.82. The number of para-hydroxylation sites is 1. The summed E-state index contributed by atoms with van der Waals surface area (Å²) < 4.78 is 6.50. The molecule has 0 saturated heterocycles. The Bertz CT molecular complexity index is 1900. The van der Waals surface area contributed by atoms with Crippen LogP contribution in [0.5, 0.6) is 0 Å². The predicted molar refractivity (Wildman–Crippen MR) is 149 cm³/mol. The largest absolute Gasteiger partial charge is 0.455 e. The van der Waals surface area contributed by atoms with Crippen molar-refractivity contribution in [3.63, 3.8) is 0 Å². The number of allylic oxidation sites excluding steroid dienone is 2. The average molecular weight is 466 g/mol. The Kier molecular flexibility index (Phi) is 4.03. The van der Waals surface area contributed by atoms with Gasteiger partial charge in [-0.05, 0) is 35.4 Å². The highest BCUT2D eigenvalue weighted by Crippen LogP contribution is 2.40. The minimum absolute atomic E-state index is 0.232. The number of hydrogen-bond acceptors (Lipinski definition) is 3. The van der Waals surface area contributed by atoms with Crippen molar-refractivity contribution in [3.8, 4) is 11.1 Å². The van der Waals surface area contributed by atoms with E-state index in [0.717, 1.165) is 49.6 Å². The second-order valence-electron chi connectivity index (χ2n) is 9.59. The molecule has 36 heavy (non-hydrogen) atoms. The van der Waals surface area contributed by atoms with Crippen LogP contribution < -0.4 is 10.6 Å². The molecule has 0 saturated carbocycles. The molecule has 1 aliphatic carbocycles. The summed E-state index contributed by atoms with van der Waals surface area (Å²) >= 11 is 0. The summed E-state index contributed by atoms with van der Waals surface area (Å²) in [4.78, 5) is 3.69. The van der Waals surface area contributed by atoms with E-state index in [0.29, 0.717) is 0 Å². The molecule has 3 N–H and O–H groups in total. The molecule has 8 rings (SSSR count). The van der Waals surface area contributed by atoms with Gasteiger partial charge in [0, 0.05) is 27.9 Å². The third-order valence-electron chi connectivity index (χ3n) is 7.51. The molecule has 4 aromatic carbocycles. The molecule has 0 bridgehead atoms. The molecule has 0 spiro atoms. The zero-order chi connectivity index (χ0) is 23.6. The van der Waals surface area contributed by atoms with Crippen molar-refractivity contribution in [1.29, 1.82) is 0 Å². The summed E-state index contributed by atoms with van der Waals surface area (Å²) in [5.74, 6) is 0. The van der Waals surface area contributed by atoms with Gasteiger partial charge in [0.25, 0.3) is 0 Å². The van der Waals surface area contributed by atoms with Gasteiger partial charge in [0.2, 0.25) is 0 Å². The Labute approximate surface area is 207 Å². The highest BCUT2D eigenvalue weighted by molar-refractivity contribution is 6.24. The summed E-state index contributed by atoms with van der Waals surface area (Å²) in [6.07, 6.45) is 10.7. The number of furan rings is 1. The van der Waals surface area contributed by atoms with Gasteiger partial charge in [-0.25, -0.2) is 0 Å². The Morgan fingerprint density at radius 1 is 0.694 bits per heavy atom. The molecule has 0 radical (unpaired) electrons. The molecule has 0 amide bonds. The Hall–Kier alpha value is -4.70. The van der Waals surface area contributed by atoms with Gasteiger partial charge in [-0.15, -0.1) is 0 Å². The number of benzene rings is 4. The normalized spacial score (nSPS) is 18.9. The molecule has 2 atom stereocenters. The van der Waals surface area contributed by atoms with Crippen LogP contribution in [-0.4, -0.2) is 17.1 Å². The molecule has 6 aromatic rings. The van der Waals surface area contributed by atoms with Crippen LogP contribution >= 0.6 is 0 Å². The molecule has 1 aliphatic heterocycles. The van der Waals surface area contributed by atoms with Gasteiger partial charge < -0.3 is 20.0 Å². The summed E-state index contributed by atoms with van der Waals surface area (Å²) in [5.41, 5.74) is 8.66. The fraction of sp³-hybridized carbons (Fsp3) is 0.0625. The first-order valence-corrected chi connectivity index (χ1v) is 12.4. The standard InChI is InChI=1S/C32H23N3O/c1-2-7-19(8-3-1)20-13-16-29-24(17-20)21-14-15-27-30(32(21)36-29)23-10-6-9-22(31(23)35-27)28-18-33-25-11-4-5-12-26(25)34-28/h1-18,25-26,33-35H. The fourth-order valence-electron chi connectivity index (χ4n) is 5.74. The van der Waals surface area contributed by atoms with Crippen LogP contribution in [0.15, 0.2) is 114 Å². The number of hydrogen-bond donors (Lipinski definition) is 3. The van der Waals surface area contributed by atoms with E-state index in [1.54, 1.807) is 0 Å². The van der Waals surface area contributed by atoms with Crippen LogP contribution in [-0.2, 0) is 0 Å². The van der Waals surface area contributed by atoms with Crippen molar-refractivity contribution in [2.24, 2.45) is 0 Å². The van der Waals surface area contributed by atoms with Gasteiger partial charge >= 0.3 is 0 Å². The molecule has 4 heteroatoms. The lowest BCUT2D eigenvalue weighted by atomic mass is 9.98. The lowest BCUT2D eigenvalue weighted by molar-refractivity contribution is 0.545. The maximum Gasteiger partial charge on any atom is 0.145 e. The number of rotatable bonds is 2. The van der Waals surface area contributed by atoms with Crippen molar-refractivity contribution in [1.82, 2.24) is 15.6 Å². The first-order valence-electron chi connectivity index (χ1n) is 12.4. The van der Waals surface area contributed by atoms with E-state index in [2.05, 4.69) is 119 Å². The Morgan fingerprint density at radius 3 is 2.50 bits per heavy atom. The number of aromatic amines is 1. The summed E-state index contributed by atoms with van der Waals surface area (Å²) in [6, 6.07) is 28.3. The SMILES string of the molecule is C1=CC2NC=C(c3cccc4c3[nH]c3ccc5c6cc(-c7ccccc7)ccc6oc5c34)NC2C=C1. The van der Waals surface area contributed by atoms with Crippen LogP contribution in [0, 0.1) is 0 Å². The van der Waals surface area contributed by atoms with Crippen LogP contribution in [0.2, 0.25) is 0 Å². The lowest BCUT2D eigenvalue weighted by Crippen LogP contribution is -2.48. The van der Waals surface area contributed by atoms with Crippen molar-refractivity contribution in [2.45, 2.75) is 12.1 Å². The molecule has 3 heterocycles. The van der Waals surface area contributed by atoms with Gasteiger partial charge in [-0.1, -0.05) is 78.9 Å². The zero-order valence-electron chi connectivity index (χ0n) is 19.5. The maximum atomic E-state index is 6.50. The van der Waals surface area contributed by atoms with Crippen molar-refractivity contribution < 1.29 is 4.42 Å². The van der Waals surface area contributed by atoms with E-state index in [1.807, 2.05) is 6.07 Å². The van der Waals surface area contributed by atoms with Gasteiger partial charge in [-0.3, -0.25) is 0 Å². The first kappa shape index (κ1) is 19.6. The Morgan fingerprint density at radius 2 is 1.58 bits per heavy atom. The smallest absolute Gasteiger partial charge is 0.145 e. The third-order valence-corrected chi connectivity index (χ3v) is 7.51. The number of H-pyrrole nitrogens is 1. The molecule has 4 nitrogen and oxygen atoms in total. The second-order valence-corrected chi connectivity index (χ2v) is 9.59. The van der Waals surface area contributed by atoms with Crippen molar-refractivity contribution in [3.05, 3.63) is 115 Å². The topological polar surface area (TPSA) is 53.0 Å². The highest BCUT2D eigenvalue weighted by Gasteiger charge is 2.24. The summed E-state index contributed by atoms with van der Waals surface area (Å²) in [5, 5.41) is 11.8. The van der Waals surface area contributed by atoms with Crippen LogP contribution in [0.1, 0.15) is 5.56 Å². The van der Waals surface area contributed by atoms with E-state index in [-0.39, 0.29) is 12.1 Å². The van der Waals surface area contributed by atoms with E-state index in [9.17, 15) is 0 Å². The quantitative estimate of drug-likeness (QED) is 0.253. The second kappa shape index (κ2) is 7.40. The van der Waals surface area contributed by atoms with E-state index < -0.39 is 0 Å². The number of nitrogens with one attached hydrogen (secondary N) is 3. The Balaban J connectivity index is 1.32. The van der Waals surface area contributed by atoms with Crippen molar-refractivity contribution >= 4 is 49.4 Å². The van der Waals surface area contributed by atoms with E-state index in [4.69, 9.17) is 4.42 Å². The van der Waals surface area contributed by atoms with Gasteiger partial charge in [-0.2, -0.15) is 0 Å². The zero-order valence-corrected chi connectivity index (χ0v) is 19.5. The minimum atomic E-state index is 0.232. The molecule has 172 valence electrons. The number of fused-ring (bicyclic) bond motifs is 8. The molecular weight excluding hydrogens is 442 g/mol. The van der Waals surface area contributed by atoms with Gasteiger partial charge in [0.15, 0.2) is 0 Å². The van der Waals surface area contributed by atoms with Crippen LogP contribution in [0.4, 0.5) is 0 Å². The van der Waals surface area contributed by atoms with Gasteiger partial charge in [0.05, 0.1) is 34.2 Å². The molecule has 0 fully saturated rings. The monoisotopic (exact) mass is 465 g/mol. The first-order chi connectivity index (χ1) is 17.8. The minimum Gasteiger partial charge on any atom is -0.455 e. The summed E-state index contributed by atoms with van der Waals surface area (Å²) in [6.45, 7) is 0. The molecule has 2 aromatic heterocycles. The van der Waals surface area contributed by atoms with Gasteiger partial charge in [0.1, 0.15) is 11.2 Å². The number of aromatic nitrogens is 1. The van der Waals surface area contributed by atoms with Crippen molar-refractivity contribution in [2.75, 3.05) is 0 Å². The predicted octanol–water partition coefficient (Wildman–Crippen LogP) is 7.24. The highest BCUT2D eigenvalue weighted by atomic mass is 16.3. The molecular formula is C32H23N3O. The molecule has 2 aliphatic rings. The summed E-state index contributed by atoms with van der Waals surface area (Å²) in [7, 11) is 0. The lowest BCUT2D eigenvalue weighted by Gasteiger charge is -2.32.